The molecule has 1 rings (SSSR count). The highest BCUT2D eigenvalue weighted by molar-refractivity contribution is 7.80. The van der Waals surface area contributed by atoms with Gasteiger partial charge in [-0.25, -0.2) is 0 Å². The lowest BCUT2D eigenvalue weighted by molar-refractivity contribution is 0.355. The van der Waals surface area contributed by atoms with Crippen LogP contribution < -0.4 is 20.6 Å². The van der Waals surface area contributed by atoms with Crippen LogP contribution in [-0.2, 0) is 0 Å². The zero-order valence-electron chi connectivity index (χ0n) is 9.66. The lowest BCUT2D eigenvalue weighted by Gasteiger charge is -2.12. The summed E-state index contributed by atoms with van der Waals surface area (Å²) < 4.78 is 10.2. The van der Waals surface area contributed by atoms with Crippen LogP contribution in [0.4, 0.5) is 0 Å². The number of halogens is 2. The lowest BCUT2D eigenvalue weighted by atomic mass is 10.2. The van der Waals surface area contributed by atoms with Crippen molar-refractivity contribution in [3.05, 3.63) is 21.7 Å². The van der Waals surface area contributed by atoms with Crippen LogP contribution in [-0.4, -0.2) is 25.5 Å². The number of ether oxygens (including phenoxy) is 2. The van der Waals surface area contributed by atoms with Crippen molar-refractivity contribution in [2.24, 2.45) is 10.8 Å². The van der Waals surface area contributed by atoms with Crippen LogP contribution in [0.25, 0.3) is 0 Å². The van der Waals surface area contributed by atoms with Crippen LogP contribution >= 0.6 is 35.4 Å². The van der Waals surface area contributed by atoms with E-state index in [1.54, 1.807) is 6.07 Å². The number of hydrogen-bond donors (Lipinski definition) is 2. The molecule has 0 saturated heterocycles. The van der Waals surface area contributed by atoms with Crippen molar-refractivity contribution in [2.75, 3.05) is 14.2 Å². The normalized spacial score (nSPS) is 10.4. The van der Waals surface area contributed by atoms with Gasteiger partial charge in [0.25, 0.3) is 0 Å². The van der Waals surface area contributed by atoms with Gasteiger partial charge in [-0.2, -0.15) is 5.10 Å². The van der Waals surface area contributed by atoms with Gasteiger partial charge < -0.3 is 15.2 Å². The summed E-state index contributed by atoms with van der Waals surface area (Å²) in [7, 11) is 2.97. The molecule has 0 radical (unpaired) electrons. The van der Waals surface area contributed by atoms with Crippen molar-refractivity contribution in [3.8, 4) is 11.5 Å². The van der Waals surface area contributed by atoms with E-state index in [4.69, 9.17) is 38.4 Å². The summed E-state index contributed by atoms with van der Waals surface area (Å²) >= 11 is 16.8. The first kappa shape index (κ1) is 14.8. The van der Waals surface area contributed by atoms with Crippen LogP contribution in [0, 0.1) is 0 Å². The van der Waals surface area contributed by atoms with Crippen molar-refractivity contribution in [3.63, 3.8) is 0 Å². The molecule has 8 heteroatoms. The van der Waals surface area contributed by atoms with Crippen LogP contribution in [0.5, 0.6) is 11.5 Å². The molecule has 0 aliphatic rings. The summed E-state index contributed by atoms with van der Waals surface area (Å²) in [5.74, 6) is 0.812. The Bertz CT molecular complexity index is 495. The number of rotatable bonds is 4. The zero-order valence-corrected chi connectivity index (χ0v) is 12.0. The Balaban J connectivity index is 3.20. The van der Waals surface area contributed by atoms with Gasteiger partial charge in [-0.1, -0.05) is 23.2 Å². The van der Waals surface area contributed by atoms with E-state index in [9.17, 15) is 0 Å². The molecule has 0 unspecified atom stereocenters. The molecule has 0 amide bonds. The highest BCUT2D eigenvalue weighted by atomic mass is 35.5. The van der Waals surface area contributed by atoms with E-state index in [1.807, 2.05) is 0 Å². The van der Waals surface area contributed by atoms with Gasteiger partial charge in [0.05, 0.1) is 30.5 Å². The van der Waals surface area contributed by atoms with Crippen LogP contribution in [0.2, 0.25) is 10.0 Å². The Morgan fingerprint density at radius 1 is 1.44 bits per heavy atom. The molecular weight excluding hydrogens is 297 g/mol. The fourth-order valence-corrected chi connectivity index (χ4v) is 1.88. The number of methoxy groups -OCH3 is 2. The molecule has 3 N–H and O–H groups in total. The Morgan fingerprint density at radius 3 is 2.61 bits per heavy atom. The lowest BCUT2D eigenvalue weighted by Crippen LogP contribution is -2.24. The summed E-state index contributed by atoms with van der Waals surface area (Å²) in [6, 6.07) is 1.58. The molecule has 1 aromatic rings. The largest absolute Gasteiger partial charge is 0.493 e. The van der Waals surface area contributed by atoms with E-state index in [-0.39, 0.29) is 10.1 Å². The van der Waals surface area contributed by atoms with Crippen LogP contribution in [0.3, 0.4) is 0 Å². The summed E-state index contributed by atoms with van der Waals surface area (Å²) in [6.45, 7) is 0. The van der Waals surface area contributed by atoms with Gasteiger partial charge >= 0.3 is 0 Å². The summed E-state index contributed by atoms with van der Waals surface area (Å²) in [5, 5.41) is 4.48. The van der Waals surface area contributed by atoms with Crippen molar-refractivity contribution >= 4 is 46.7 Å². The average Bonchev–Trinajstić information content (AvgIpc) is 2.32. The van der Waals surface area contributed by atoms with Gasteiger partial charge in [-0.05, 0) is 12.2 Å². The second-order valence-corrected chi connectivity index (χ2v) is 4.28. The van der Waals surface area contributed by atoms with Crippen LogP contribution in [0.15, 0.2) is 11.2 Å². The molecule has 0 bridgehead atoms. The van der Waals surface area contributed by atoms with E-state index >= 15 is 0 Å². The minimum atomic E-state index is 0.0407. The Hall–Kier alpha value is -1.24. The maximum Gasteiger partial charge on any atom is 0.184 e. The van der Waals surface area contributed by atoms with E-state index in [2.05, 4.69) is 22.7 Å². The van der Waals surface area contributed by atoms with Gasteiger partial charge in [0.1, 0.15) is 0 Å². The fraction of sp³-hybridized carbons (Fsp3) is 0.200. The van der Waals surface area contributed by atoms with Crippen molar-refractivity contribution < 1.29 is 9.47 Å². The molecular formula is C10H11Cl2N3O2S. The number of thiocarbonyl (C=S) groups is 1. The molecule has 98 valence electrons. The number of nitrogens with two attached hydrogens (primary N) is 1. The highest BCUT2D eigenvalue weighted by Gasteiger charge is 2.16. The SMILES string of the molecule is COc1cc(Cl)c(C=NNC(N)=S)c(Cl)c1OC. The number of hydrogen-bond acceptors (Lipinski definition) is 4. The maximum atomic E-state index is 6.14. The molecule has 1 aromatic carbocycles. The van der Waals surface area contributed by atoms with Crippen molar-refractivity contribution in [1.29, 1.82) is 0 Å². The molecule has 18 heavy (non-hydrogen) atoms. The third kappa shape index (κ3) is 3.38. The van der Waals surface area contributed by atoms with Crippen molar-refractivity contribution in [1.82, 2.24) is 5.43 Å². The van der Waals surface area contributed by atoms with Gasteiger partial charge in [-0.15, -0.1) is 0 Å². The smallest absolute Gasteiger partial charge is 0.184 e. The van der Waals surface area contributed by atoms with E-state index in [1.165, 1.54) is 20.4 Å². The van der Waals surface area contributed by atoms with Gasteiger partial charge in [0, 0.05) is 11.6 Å². The Morgan fingerprint density at radius 2 is 2.11 bits per heavy atom. The van der Waals surface area contributed by atoms with Gasteiger partial charge in [0.2, 0.25) is 0 Å². The third-order valence-electron chi connectivity index (χ3n) is 1.97. The Kier molecular flexibility index (Phi) is 5.46. The van der Waals surface area contributed by atoms with Crippen molar-refractivity contribution in [2.45, 2.75) is 0 Å². The molecule has 0 aliphatic carbocycles. The standard InChI is InChI=1S/C10H11Cl2N3O2S/c1-16-7-3-6(11)5(4-14-15-10(13)18)8(12)9(7)17-2/h3-4H,1-2H3,(H3,13,15,18). The highest BCUT2D eigenvalue weighted by Crippen LogP contribution is 2.40. The topological polar surface area (TPSA) is 68.9 Å². The summed E-state index contributed by atoms with van der Waals surface area (Å²) in [6.07, 6.45) is 1.39. The molecule has 5 nitrogen and oxygen atoms in total. The monoisotopic (exact) mass is 307 g/mol. The first-order chi connectivity index (χ1) is 8.51. The fourth-order valence-electron chi connectivity index (χ4n) is 1.21. The first-order valence-electron chi connectivity index (χ1n) is 4.69. The van der Waals surface area contributed by atoms with E-state index in [0.717, 1.165) is 0 Å². The second-order valence-electron chi connectivity index (χ2n) is 3.06. The molecule has 0 atom stereocenters. The molecule has 0 fully saturated rings. The predicted molar refractivity (Wildman–Crippen MR) is 77.1 cm³/mol. The minimum Gasteiger partial charge on any atom is -0.493 e. The average molecular weight is 308 g/mol. The first-order valence-corrected chi connectivity index (χ1v) is 5.86. The van der Waals surface area contributed by atoms with Gasteiger partial charge in [-0.3, -0.25) is 5.43 Å². The molecule has 0 heterocycles. The van der Waals surface area contributed by atoms with E-state index < -0.39 is 0 Å². The zero-order chi connectivity index (χ0) is 13.7. The second kappa shape index (κ2) is 6.63. The summed E-state index contributed by atoms with van der Waals surface area (Å²) in [4.78, 5) is 0. The van der Waals surface area contributed by atoms with Gasteiger partial charge in [0.15, 0.2) is 16.6 Å². The third-order valence-corrected chi connectivity index (χ3v) is 2.75. The molecule has 0 aliphatic heterocycles. The summed E-state index contributed by atoms with van der Waals surface area (Å²) in [5.41, 5.74) is 8.11. The number of hydrazone groups is 1. The number of benzene rings is 1. The molecule has 0 saturated carbocycles. The van der Waals surface area contributed by atoms with E-state index in [0.29, 0.717) is 22.1 Å². The number of nitrogens with zero attached hydrogens (tertiary/aromatic N) is 1. The molecule has 0 aromatic heterocycles. The minimum absolute atomic E-state index is 0.0407. The quantitative estimate of drug-likeness (QED) is 0.507. The Labute approximate surface area is 120 Å². The van der Waals surface area contributed by atoms with Crippen LogP contribution in [0.1, 0.15) is 5.56 Å². The maximum absolute atomic E-state index is 6.14. The molecule has 0 spiro atoms. The number of nitrogens with one attached hydrogen (secondary N) is 1. The predicted octanol–water partition coefficient (Wildman–Crippen LogP) is 2.18.